The second-order valence-electron chi connectivity index (χ2n) is 4.85. The van der Waals surface area contributed by atoms with Crippen LogP contribution in [0.5, 0.6) is 0 Å². The van der Waals surface area contributed by atoms with Gasteiger partial charge in [0.05, 0.1) is 5.01 Å². The number of piperidine rings is 1. The molecule has 4 heteroatoms. The molecule has 1 aromatic heterocycles. The number of fused-ring (bicyclic) bond motifs is 2. The van der Waals surface area contributed by atoms with Crippen molar-refractivity contribution >= 4 is 17.1 Å². The molecule has 2 unspecified atom stereocenters. The van der Waals surface area contributed by atoms with E-state index in [4.69, 9.17) is 0 Å². The highest BCUT2D eigenvalue weighted by Crippen LogP contribution is 2.35. The Kier molecular flexibility index (Phi) is 2.56. The number of aromatic nitrogens is 1. The summed E-state index contributed by atoms with van der Waals surface area (Å²) in [6.07, 6.45) is 5.93. The van der Waals surface area contributed by atoms with Gasteiger partial charge in [0.1, 0.15) is 5.78 Å². The molecule has 16 heavy (non-hydrogen) atoms. The van der Waals surface area contributed by atoms with E-state index in [0.717, 1.165) is 24.4 Å². The molecule has 0 N–H and O–H groups in total. The SMILES string of the molecule is Cc1ncc(CN2C3CCC2CC(=O)C3)s1. The number of hydrogen-bond donors (Lipinski definition) is 0. The fraction of sp³-hybridized carbons (Fsp3) is 0.667. The standard InChI is InChI=1S/C12H16N2OS/c1-8-13-6-12(16-8)7-14-9-2-3-10(14)5-11(15)4-9/h6,9-10H,2-5,7H2,1H3. The van der Waals surface area contributed by atoms with E-state index in [9.17, 15) is 4.79 Å². The van der Waals surface area contributed by atoms with Crippen molar-refractivity contribution in [2.24, 2.45) is 0 Å². The van der Waals surface area contributed by atoms with Crippen molar-refractivity contribution in [3.63, 3.8) is 0 Å². The molecule has 3 heterocycles. The fourth-order valence-electron chi connectivity index (χ4n) is 2.98. The van der Waals surface area contributed by atoms with Crippen molar-refractivity contribution < 1.29 is 4.79 Å². The molecule has 3 nitrogen and oxygen atoms in total. The summed E-state index contributed by atoms with van der Waals surface area (Å²) in [7, 11) is 0. The van der Waals surface area contributed by atoms with Crippen LogP contribution < -0.4 is 0 Å². The first-order valence-electron chi connectivity index (χ1n) is 5.91. The van der Waals surface area contributed by atoms with E-state index in [0.29, 0.717) is 17.9 Å². The molecule has 2 atom stereocenters. The van der Waals surface area contributed by atoms with Crippen LogP contribution in [-0.2, 0) is 11.3 Å². The maximum absolute atomic E-state index is 11.5. The maximum Gasteiger partial charge on any atom is 0.136 e. The fourth-order valence-corrected chi connectivity index (χ4v) is 3.78. The Balaban J connectivity index is 1.74. The summed E-state index contributed by atoms with van der Waals surface area (Å²) in [5.41, 5.74) is 0. The molecule has 86 valence electrons. The monoisotopic (exact) mass is 236 g/mol. The van der Waals surface area contributed by atoms with Crippen molar-refractivity contribution in [1.82, 2.24) is 9.88 Å². The Morgan fingerprint density at radius 3 is 2.69 bits per heavy atom. The molecular weight excluding hydrogens is 220 g/mol. The van der Waals surface area contributed by atoms with Gasteiger partial charge < -0.3 is 0 Å². The number of nitrogens with zero attached hydrogens (tertiary/aromatic N) is 2. The summed E-state index contributed by atoms with van der Waals surface area (Å²) in [6.45, 7) is 3.04. The lowest BCUT2D eigenvalue weighted by atomic mass is 10.0. The van der Waals surface area contributed by atoms with E-state index in [1.54, 1.807) is 11.3 Å². The van der Waals surface area contributed by atoms with Gasteiger partial charge in [-0.05, 0) is 19.8 Å². The van der Waals surface area contributed by atoms with E-state index < -0.39 is 0 Å². The number of thiazole rings is 1. The molecule has 2 fully saturated rings. The van der Waals surface area contributed by atoms with Crippen molar-refractivity contribution in [2.45, 2.75) is 51.2 Å². The highest BCUT2D eigenvalue weighted by Gasteiger charge is 2.39. The van der Waals surface area contributed by atoms with Crippen LogP contribution in [0, 0.1) is 6.92 Å². The number of rotatable bonds is 2. The summed E-state index contributed by atoms with van der Waals surface area (Å²) in [5.74, 6) is 0.462. The topological polar surface area (TPSA) is 33.2 Å². The number of carbonyl (C=O) groups excluding carboxylic acids is 1. The predicted octanol–water partition coefficient (Wildman–Crippen LogP) is 2.15. The van der Waals surface area contributed by atoms with Gasteiger partial charge in [-0.25, -0.2) is 4.98 Å². The normalized spacial score (nSPS) is 29.9. The molecule has 0 aliphatic carbocycles. The molecule has 2 aliphatic heterocycles. The molecule has 2 bridgehead atoms. The number of carbonyl (C=O) groups is 1. The second kappa shape index (κ2) is 3.93. The van der Waals surface area contributed by atoms with Crippen molar-refractivity contribution in [3.8, 4) is 0 Å². The van der Waals surface area contributed by atoms with Gasteiger partial charge in [-0.1, -0.05) is 0 Å². The Morgan fingerprint density at radius 2 is 2.12 bits per heavy atom. The van der Waals surface area contributed by atoms with E-state index in [1.165, 1.54) is 17.7 Å². The summed E-state index contributed by atoms with van der Waals surface area (Å²) in [5, 5.41) is 1.13. The molecule has 0 radical (unpaired) electrons. The third kappa shape index (κ3) is 1.80. The summed E-state index contributed by atoms with van der Waals surface area (Å²) in [6, 6.07) is 1.02. The van der Waals surface area contributed by atoms with Crippen LogP contribution in [-0.4, -0.2) is 27.8 Å². The van der Waals surface area contributed by atoms with Crippen molar-refractivity contribution in [3.05, 3.63) is 16.1 Å². The summed E-state index contributed by atoms with van der Waals surface area (Å²) >= 11 is 1.78. The smallest absolute Gasteiger partial charge is 0.136 e. The molecule has 0 amide bonds. The largest absolute Gasteiger partial charge is 0.300 e. The number of hydrogen-bond acceptors (Lipinski definition) is 4. The van der Waals surface area contributed by atoms with Crippen LogP contribution in [0.2, 0.25) is 0 Å². The Hall–Kier alpha value is -0.740. The highest BCUT2D eigenvalue weighted by molar-refractivity contribution is 7.11. The van der Waals surface area contributed by atoms with Crippen LogP contribution in [0.4, 0.5) is 0 Å². The molecule has 2 aliphatic rings. The first-order chi connectivity index (χ1) is 7.72. The zero-order chi connectivity index (χ0) is 11.1. The minimum atomic E-state index is 0.462. The first kappa shape index (κ1) is 10.4. The lowest BCUT2D eigenvalue weighted by Crippen LogP contribution is -2.42. The average molecular weight is 236 g/mol. The van der Waals surface area contributed by atoms with Crippen LogP contribution >= 0.6 is 11.3 Å². The van der Waals surface area contributed by atoms with Gasteiger partial charge in [0.2, 0.25) is 0 Å². The Bertz CT molecular complexity index is 399. The number of aryl methyl sites for hydroxylation is 1. The lowest BCUT2D eigenvalue weighted by molar-refractivity contribution is -0.123. The average Bonchev–Trinajstić information content (AvgIpc) is 2.72. The minimum absolute atomic E-state index is 0.462. The second-order valence-corrected chi connectivity index (χ2v) is 6.17. The highest BCUT2D eigenvalue weighted by atomic mass is 32.1. The maximum atomic E-state index is 11.5. The number of ketones is 1. The quantitative estimate of drug-likeness (QED) is 0.789. The molecule has 1 aromatic rings. The van der Waals surface area contributed by atoms with E-state index in [2.05, 4.69) is 9.88 Å². The zero-order valence-electron chi connectivity index (χ0n) is 9.48. The Labute approximate surface area is 99.5 Å². The van der Waals surface area contributed by atoms with Crippen LogP contribution in [0.15, 0.2) is 6.20 Å². The minimum Gasteiger partial charge on any atom is -0.300 e. The molecule has 2 saturated heterocycles. The first-order valence-corrected chi connectivity index (χ1v) is 6.73. The van der Waals surface area contributed by atoms with Crippen molar-refractivity contribution in [2.75, 3.05) is 0 Å². The van der Waals surface area contributed by atoms with Gasteiger partial charge in [0.25, 0.3) is 0 Å². The van der Waals surface area contributed by atoms with Gasteiger partial charge in [0, 0.05) is 42.5 Å². The van der Waals surface area contributed by atoms with Crippen LogP contribution in [0.25, 0.3) is 0 Å². The third-order valence-electron chi connectivity index (χ3n) is 3.71. The molecule has 0 spiro atoms. The van der Waals surface area contributed by atoms with E-state index in [1.807, 2.05) is 13.1 Å². The Morgan fingerprint density at radius 1 is 1.44 bits per heavy atom. The van der Waals surface area contributed by atoms with Crippen LogP contribution in [0.1, 0.15) is 35.6 Å². The molecule has 0 saturated carbocycles. The third-order valence-corrected chi connectivity index (χ3v) is 4.60. The van der Waals surface area contributed by atoms with Crippen LogP contribution in [0.3, 0.4) is 0 Å². The molecule has 3 rings (SSSR count). The summed E-state index contributed by atoms with van der Waals surface area (Å²) < 4.78 is 0. The van der Waals surface area contributed by atoms with E-state index >= 15 is 0 Å². The molecule has 0 aromatic carbocycles. The van der Waals surface area contributed by atoms with Crippen molar-refractivity contribution in [1.29, 1.82) is 0 Å². The van der Waals surface area contributed by atoms with Gasteiger partial charge in [-0.15, -0.1) is 11.3 Å². The predicted molar refractivity (Wildman–Crippen MR) is 63.4 cm³/mol. The summed E-state index contributed by atoms with van der Waals surface area (Å²) in [4.78, 5) is 19.6. The van der Waals surface area contributed by atoms with Gasteiger partial charge in [-0.3, -0.25) is 9.69 Å². The molecular formula is C12H16N2OS. The lowest BCUT2D eigenvalue weighted by Gasteiger charge is -2.33. The van der Waals surface area contributed by atoms with E-state index in [-0.39, 0.29) is 0 Å². The van der Waals surface area contributed by atoms with Gasteiger partial charge >= 0.3 is 0 Å². The van der Waals surface area contributed by atoms with Gasteiger partial charge in [-0.2, -0.15) is 0 Å². The zero-order valence-corrected chi connectivity index (χ0v) is 10.3. The number of Topliss-reactive ketones (excluding diaryl/α,β-unsaturated/α-hetero) is 1. The van der Waals surface area contributed by atoms with Gasteiger partial charge in [0.15, 0.2) is 0 Å².